The molecule has 20 heavy (non-hydrogen) atoms. The Labute approximate surface area is 122 Å². The van der Waals surface area contributed by atoms with Crippen LogP contribution in [0.5, 0.6) is 0 Å². The molecule has 2 aromatic rings. The van der Waals surface area contributed by atoms with Gasteiger partial charge in [0, 0.05) is 4.90 Å². The summed E-state index contributed by atoms with van der Waals surface area (Å²) in [6.45, 7) is 2.06. The Balaban J connectivity index is 1.86. The van der Waals surface area contributed by atoms with Crippen LogP contribution in [0.25, 0.3) is 0 Å². The zero-order valence-electron chi connectivity index (χ0n) is 11.5. The highest BCUT2D eigenvalue weighted by atomic mass is 32.2. The van der Waals surface area contributed by atoms with Crippen molar-refractivity contribution in [3.63, 3.8) is 0 Å². The van der Waals surface area contributed by atoms with Crippen molar-refractivity contribution in [2.24, 2.45) is 0 Å². The predicted octanol–water partition coefficient (Wildman–Crippen LogP) is 2.74. The van der Waals surface area contributed by atoms with E-state index in [9.17, 15) is 5.11 Å². The van der Waals surface area contributed by atoms with E-state index in [1.807, 2.05) is 29.8 Å². The minimum absolute atomic E-state index is 0.0367. The lowest BCUT2D eigenvalue weighted by atomic mass is 10.1. The van der Waals surface area contributed by atoms with Crippen LogP contribution < -0.4 is 0 Å². The summed E-state index contributed by atoms with van der Waals surface area (Å²) in [4.78, 5) is 1.02. The van der Waals surface area contributed by atoms with Gasteiger partial charge in [-0.15, -0.1) is 5.10 Å². The summed E-state index contributed by atoms with van der Waals surface area (Å²) < 4.78 is 1.94. The first-order valence-corrected chi connectivity index (χ1v) is 7.75. The van der Waals surface area contributed by atoms with E-state index in [2.05, 4.69) is 15.5 Å². The summed E-state index contributed by atoms with van der Waals surface area (Å²) in [5.74, 6) is 0. The van der Waals surface area contributed by atoms with Crippen LogP contribution in [0.4, 0.5) is 0 Å². The van der Waals surface area contributed by atoms with Crippen molar-refractivity contribution in [3.8, 4) is 0 Å². The van der Waals surface area contributed by atoms with Crippen LogP contribution >= 0.6 is 11.8 Å². The summed E-state index contributed by atoms with van der Waals surface area (Å²) in [6.07, 6.45) is 4.81. The zero-order chi connectivity index (χ0) is 13.9. The average Bonchev–Trinajstić information content (AvgIpc) is 3.11. The van der Waals surface area contributed by atoms with E-state index in [1.165, 1.54) is 24.6 Å². The van der Waals surface area contributed by atoms with Crippen LogP contribution in [0, 0.1) is 6.92 Å². The van der Waals surface area contributed by atoms with Crippen LogP contribution in [0.3, 0.4) is 0 Å². The number of benzene rings is 1. The SMILES string of the molecule is Cc1ccc(Sc2nnnn2C2CCCC2)c(CO)c1. The molecule has 0 unspecified atom stereocenters. The van der Waals surface area contributed by atoms with Crippen molar-refractivity contribution in [3.05, 3.63) is 29.3 Å². The summed E-state index contributed by atoms with van der Waals surface area (Å²) in [5, 5.41) is 22.4. The van der Waals surface area contributed by atoms with Gasteiger partial charge in [-0.2, -0.15) is 0 Å². The molecule has 0 bridgehead atoms. The molecule has 1 N–H and O–H groups in total. The lowest BCUT2D eigenvalue weighted by Gasteiger charge is -2.12. The zero-order valence-corrected chi connectivity index (χ0v) is 12.3. The number of aliphatic hydroxyl groups excluding tert-OH is 1. The number of aromatic nitrogens is 4. The maximum atomic E-state index is 9.48. The Hall–Kier alpha value is -1.40. The first kappa shape index (κ1) is 13.6. The van der Waals surface area contributed by atoms with Crippen molar-refractivity contribution < 1.29 is 5.11 Å². The molecule has 6 heteroatoms. The Bertz CT molecular complexity index is 593. The Morgan fingerprint density at radius 3 is 2.90 bits per heavy atom. The standard InChI is InChI=1S/C14H18N4OS/c1-10-6-7-13(11(8-10)9-19)20-14-15-16-17-18(14)12-4-2-3-5-12/h6-8,12,19H,2-5,9H2,1H3. The van der Waals surface area contributed by atoms with Gasteiger partial charge in [0.1, 0.15) is 0 Å². The van der Waals surface area contributed by atoms with Crippen LogP contribution in [0.15, 0.2) is 28.3 Å². The molecule has 0 atom stereocenters. The summed E-state index contributed by atoms with van der Waals surface area (Å²) in [6, 6.07) is 6.51. The maximum absolute atomic E-state index is 9.48. The van der Waals surface area contributed by atoms with Gasteiger partial charge >= 0.3 is 0 Å². The molecular formula is C14H18N4OS. The molecule has 1 aromatic carbocycles. The average molecular weight is 290 g/mol. The van der Waals surface area contributed by atoms with E-state index in [1.54, 1.807) is 0 Å². The van der Waals surface area contributed by atoms with Crippen LogP contribution in [-0.2, 0) is 6.61 Å². The second-order valence-corrected chi connectivity index (χ2v) is 6.22. The third-order valence-corrected chi connectivity index (χ3v) is 4.79. The maximum Gasteiger partial charge on any atom is 0.214 e. The predicted molar refractivity (Wildman–Crippen MR) is 76.5 cm³/mol. The van der Waals surface area contributed by atoms with E-state index in [-0.39, 0.29) is 6.61 Å². The topological polar surface area (TPSA) is 63.8 Å². The number of rotatable bonds is 4. The molecule has 1 aliphatic carbocycles. The Morgan fingerprint density at radius 1 is 1.35 bits per heavy atom. The summed E-state index contributed by atoms with van der Waals surface area (Å²) >= 11 is 1.53. The van der Waals surface area contributed by atoms with Gasteiger partial charge in [0.2, 0.25) is 5.16 Å². The van der Waals surface area contributed by atoms with Gasteiger partial charge < -0.3 is 5.11 Å². The normalized spacial score (nSPS) is 15.9. The molecule has 1 heterocycles. The quantitative estimate of drug-likeness (QED) is 0.938. The molecule has 1 aliphatic rings. The van der Waals surface area contributed by atoms with Crippen molar-refractivity contribution in [2.45, 2.75) is 55.3 Å². The van der Waals surface area contributed by atoms with E-state index < -0.39 is 0 Å². The van der Waals surface area contributed by atoms with Gasteiger partial charge in [0.25, 0.3) is 0 Å². The number of nitrogens with zero attached hydrogens (tertiary/aromatic N) is 4. The second kappa shape index (κ2) is 5.93. The molecule has 0 saturated heterocycles. The number of aliphatic hydroxyl groups is 1. The number of hydrogen-bond acceptors (Lipinski definition) is 5. The Kier molecular flexibility index (Phi) is 4.03. The molecule has 0 spiro atoms. The first-order valence-electron chi connectivity index (χ1n) is 6.94. The van der Waals surface area contributed by atoms with E-state index in [0.717, 1.165) is 34.0 Å². The lowest BCUT2D eigenvalue weighted by molar-refractivity contribution is 0.279. The van der Waals surface area contributed by atoms with Crippen molar-refractivity contribution in [1.82, 2.24) is 20.2 Å². The fourth-order valence-electron chi connectivity index (χ4n) is 2.66. The van der Waals surface area contributed by atoms with Gasteiger partial charge in [-0.25, -0.2) is 4.68 Å². The molecule has 0 aliphatic heterocycles. The molecule has 106 valence electrons. The largest absolute Gasteiger partial charge is 0.392 e. The van der Waals surface area contributed by atoms with Crippen molar-refractivity contribution in [2.75, 3.05) is 0 Å². The van der Waals surface area contributed by atoms with Crippen LogP contribution in [-0.4, -0.2) is 25.3 Å². The van der Waals surface area contributed by atoms with Gasteiger partial charge in [0.05, 0.1) is 12.6 Å². The highest BCUT2D eigenvalue weighted by Crippen LogP contribution is 2.35. The minimum atomic E-state index is 0.0367. The molecule has 1 fully saturated rings. The first-order chi connectivity index (χ1) is 9.78. The smallest absolute Gasteiger partial charge is 0.214 e. The molecule has 1 saturated carbocycles. The molecule has 3 rings (SSSR count). The number of hydrogen-bond donors (Lipinski definition) is 1. The third-order valence-electron chi connectivity index (χ3n) is 3.72. The van der Waals surface area contributed by atoms with Gasteiger partial charge in [-0.1, -0.05) is 30.5 Å². The minimum Gasteiger partial charge on any atom is -0.392 e. The fourth-order valence-corrected chi connectivity index (χ4v) is 3.60. The van der Waals surface area contributed by atoms with E-state index >= 15 is 0 Å². The fraction of sp³-hybridized carbons (Fsp3) is 0.500. The molecule has 0 radical (unpaired) electrons. The highest BCUT2D eigenvalue weighted by Gasteiger charge is 2.22. The molecule has 1 aromatic heterocycles. The molecular weight excluding hydrogens is 272 g/mol. The summed E-state index contributed by atoms with van der Waals surface area (Å²) in [5.41, 5.74) is 2.07. The molecule has 0 amide bonds. The third kappa shape index (κ3) is 2.71. The van der Waals surface area contributed by atoms with Crippen LogP contribution in [0.1, 0.15) is 42.9 Å². The second-order valence-electron chi connectivity index (χ2n) is 5.22. The monoisotopic (exact) mass is 290 g/mol. The van der Waals surface area contributed by atoms with E-state index in [4.69, 9.17) is 0 Å². The molecule has 5 nitrogen and oxygen atoms in total. The summed E-state index contributed by atoms with van der Waals surface area (Å²) in [7, 11) is 0. The van der Waals surface area contributed by atoms with Crippen molar-refractivity contribution >= 4 is 11.8 Å². The highest BCUT2D eigenvalue weighted by molar-refractivity contribution is 7.99. The van der Waals surface area contributed by atoms with Crippen LogP contribution in [0.2, 0.25) is 0 Å². The Morgan fingerprint density at radius 2 is 2.15 bits per heavy atom. The van der Waals surface area contributed by atoms with Crippen molar-refractivity contribution in [1.29, 1.82) is 0 Å². The van der Waals surface area contributed by atoms with Gasteiger partial charge in [0.15, 0.2) is 0 Å². The lowest BCUT2D eigenvalue weighted by Crippen LogP contribution is -2.08. The number of tetrazole rings is 1. The number of aryl methyl sites for hydroxylation is 1. The van der Waals surface area contributed by atoms with Gasteiger partial charge in [-0.05, 0) is 53.6 Å². The van der Waals surface area contributed by atoms with Gasteiger partial charge in [-0.3, -0.25) is 0 Å². The van der Waals surface area contributed by atoms with E-state index in [0.29, 0.717) is 6.04 Å².